The molecule has 0 aromatic heterocycles. The van der Waals surface area contributed by atoms with Crippen molar-refractivity contribution in [3.63, 3.8) is 0 Å². The van der Waals surface area contributed by atoms with Crippen molar-refractivity contribution in [3.8, 4) is 5.75 Å². The molecular formula is C15H19Cl2NO. The van der Waals surface area contributed by atoms with Gasteiger partial charge in [-0.2, -0.15) is 0 Å². The van der Waals surface area contributed by atoms with Crippen LogP contribution in [0.3, 0.4) is 0 Å². The van der Waals surface area contributed by atoms with Crippen LogP contribution in [0.2, 0.25) is 10.0 Å². The van der Waals surface area contributed by atoms with Crippen LogP contribution in [0.5, 0.6) is 5.75 Å². The van der Waals surface area contributed by atoms with E-state index in [2.05, 4.69) is 11.9 Å². The highest BCUT2D eigenvalue weighted by atomic mass is 35.5. The van der Waals surface area contributed by atoms with Crippen LogP contribution in [0.4, 0.5) is 0 Å². The van der Waals surface area contributed by atoms with Crippen LogP contribution in [-0.2, 0) is 6.54 Å². The predicted molar refractivity (Wildman–Crippen MR) is 81.2 cm³/mol. The van der Waals surface area contributed by atoms with Crippen LogP contribution in [0.15, 0.2) is 24.3 Å². The molecule has 2 nitrogen and oxygen atoms in total. The zero-order chi connectivity index (χ0) is 13.8. The summed E-state index contributed by atoms with van der Waals surface area (Å²) in [5, 5.41) is 4.67. The average molecular weight is 300 g/mol. The summed E-state index contributed by atoms with van der Waals surface area (Å²) < 4.78 is 5.80. The largest absolute Gasteiger partial charge is 0.491 e. The Morgan fingerprint density at radius 2 is 2.16 bits per heavy atom. The van der Waals surface area contributed by atoms with Crippen molar-refractivity contribution in [2.75, 3.05) is 6.61 Å². The van der Waals surface area contributed by atoms with E-state index in [0.717, 1.165) is 29.9 Å². The number of nitrogens with one attached hydrogen (secondary N) is 1. The van der Waals surface area contributed by atoms with Crippen LogP contribution in [0, 0.1) is 0 Å². The summed E-state index contributed by atoms with van der Waals surface area (Å²) in [4.78, 5) is 0. The second-order valence-electron chi connectivity index (χ2n) is 5.09. The summed E-state index contributed by atoms with van der Waals surface area (Å²) in [6, 6.07) is 4.28. The summed E-state index contributed by atoms with van der Waals surface area (Å²) in [5.41, 5.74) is 2.12. The third-order valence-corrected chi connectivity index (χ3v) is 3.52. The minimum absolute atomic E-state index is 0.571. The fourth-order valence-electron chi connectivity index (χ4n) is 1.78. The predicted octanol–water partition coefficient (Wildman–Crippen LogP) is 4.59. The van der Waals surface area contributed by atoms with Gasteiger partial charge >= 0.3 is 0 Å². The Morgan fingerprint density at radius 3 is 2.79 bits per heavy atom. The highest BCUT2D eigenvalue weighted by Gasteiger charge is 2.21. The molecule has 0 aliphatic heterocycles. The van der Waals surface area contributed by atoms with Gasteiger partial charge in [-0.25, -0.2) is 0 Å². The molecule has 4 heteroatoms. The second-order valence-corrected chi connectivity index (χ2v) is 5.93. The van der Waals surface area contributed by atoms with Crippen molar-refractivity contribution in [2.24, 2.45) is 0 Å². The maximum Gasteiger partial charge on any atom is 0.142 e. The normalized spacial score (nSPS) is 14.5. The zero-order valence-electron chi connectivity index (χ0n) is 11.1. The van der Waals surface area contributed by atoms with Crippen LogP contribution in [0.25, 0.3) is 0 Å². The third-order valence-electron chi connectivity index (χ3n) is 3.02. The Hall–Kier alpha value is -0.700. The molecule has 0 heterocycles. The van der Waals surface area contributed by atoms with E-state index in [1.165, 1.54) is 12.8 Å². The van der Waals surface area contributed by atoms with E-state index in [4.69, 9.17) is 27.9 Å². The van der Waals surface area contributed by atoms with E-state index in [1.807, 2.05) is 13.0 Å². The first-order valence-electron chi connectivity index (χ1n) is 6.54. The van der Waals surface area contributed by atoms with Gasteiger partial charge in [-0.05, 0) is 31.9 Å². The van der Waals surface area contributed by atoms with Crippen molar-refractivity contribution >= 4 is 23.2 Å². The first-order valence-corrected chi connectivity index (χ1v) is 7.30. The zero-order valence-corrected chi connectivity index (χ0v) is 12.7. The Balaban J connectivity index is 2.05. The molecule has 0 amide bonds. The van der Waals surface area contributed by atoms with E-state index < -0.39 is 0 Å². The molecule has 1 aliphatic carbocycles. The molecular weight excluding hydrogens is 281 g/mol. The van der Waals surface area contributed by atoms with Crippen LogP contribution in [-0.4, -0.2) is 12.6 Å². The molecule has 1 aromatic rings. The number of halogens is 2. The Kier molecular flexibility index (Phi) is 5.14. The maximum absolute atomic E-state index is 6.22. The smallest absolute Gasteiger partial charge is 0.142 e. The second kappa shape index (κ2) is 6.65. The lowest BCUT2D eigenvalue weighted by Crippen LogP contribution is -2.16. The number of hydrogen-bond donors (Lipinski definition) is 1. The first kappa shape index (κ1) is 14.7. The molecule has 104 valence electrons. The summed E-state index contributed by atoms with van der Waals surface area (Å²) in [6.45, 7) is 7.19. The summed E-state index contributed by atoms with van der Waals surface area (Å²) in [7, 11) is 0. The van der Waals surface area contributed by atoms with Crippen molar-refractivity contribution in [2.45, 2.75) is 38.8 Å². The van der Waals surface area contributed by atoms with Crippen molar-refractivity contribution in [3.05, 3.63) is 39.9 Å². The van der Waals surface area contributed by atoms with Gasteiger partial charge in [-0.3, -0.25) is 0 Å². The van der Waals surface area contributed by atoms with Crippen molar-refractivity contribution in [1.82, 2.24) is 5.32 Å². The van der Waals surface area contributed by atoms with E-state index in [0.29, 0.717) is 22.7 Å². The van der Waals surface area contributed by atoms with Gasteiger partial charge in [-0.1, -0.05) is 28.8 Å². The molecule has 1 aromatic carbocycles. The highest BCUT2D eigenvalue weighted by Crippen LogP contribution is 2.33. The van der Waals surface area contributed by atoms with Crippen LogP contribution >= 0.6 is 23.2 Å². The van der Waals surface area contributed by atoms with Gasteiger partial charge in [0.1, 0.15) is 5.75 Å². The fourth-order valence-corrected chi connectivity index (χ4v) is 2.37. The fraction of sp³-hybridized carbons (Fsp3) is 0.467. The molecule has 0 bridgehead atoms. The van der Waals surface area contributed by atoms with Gasteiger partial charge in [0.15, 0.2) is 0 Å². The van der Waals surface area contributed by atoms with Gasteiger partial charge in [-0.15, -0.1) is 6.58 Å². The Labute approximate surface area is 124 Å². The molecule has 0 radical (unpaired) electrons. The molecule has 0 saturated heterocycles. The van der Waals surface area contributed by atoms with Gasteiger partial charge in [0.25, 0.3) is 0 Å². The standard InChI is InChI=1S/C15H19Cl2NO/c1-10(2)5-6-19-15-11(9-18-13-3-4-13)7-12(16)8-14(15)17/h7-8,13,18H,1,3-6,9H2,2H3. The van der Waals surface area contributed by atoms with Crippen molar-refractivity contribution in [1.29, 1.82) is 0 Å². The molecule has 1 fully saturated rings. The van der Waals surface area contributed by atoms with Crippen molar-refractivity contribution < 1.29 is 4.74 Å². The quantitative estimate of drug-likeness (QED) is 0.744. The van der Waals surface area contributed by atoms with Gasteiger partial charge in [0.2, 0.25) is 0 Å². The SMILES string of the molecule is C=C(C)CCOc1c(Cl)cc(Cl)cc1CNC1CC1. The van der Waals surface area contributed by atoms with E-state index in [9.17, 15) is 0 Å². The molecule has 0 atom stereocenters. The summed E-state index contributed by atoms with van der Waals surface area (Å²) in [6.07, 6.45) is 3.33. The van der Waals surface area contributed by atoms with Crippen LogP contribution < -0.4 is 10.1 Å². The maximum atomic E-state index is 6.22. The van der Waals surface area contributed by atoms with E-state index in [-0.39, 0.29) is 0 Å². The van der Waals surface area contributed by atoms with Gasteiger partial charge in [0.05, 0.1) is 11.6 Å². The van der Waals surface area contributed by atoms with Crippen LogP contribution in [0.1, 0.15) is 31.7 Å². The molecule has 1 aliphatic rings. The summed E-state index contributed by atoms with van der Waals surface area (Å²) in [5.74, 6) is 0.737. The first-order chi connectivity index (χ1) is 9.06. The lowest BCUT2D eigenvalue weighted by molar-refractivity contribution is 0.317. The molecule has 1 N–H and O–H groups in total. The average Bonchev–Trinajstić information content (AvgIpc) is 3.12. The molecule has 2 rings (SSSR count). The minimum atomic E-state index is 0.571. The summed E-state index contributed by atoms with van der Waals surface area (Å²) >= 11 is 12.3. The minimum Gasteiger partial charge on any atom is -0.491 e. The van der Waals surface area contributed by atoms with E-state index >= 15 is 0 Å². The number of ether oxygens (including phenoxy) is 1. The molecule has 19 heavy (non-hydrogen) atoms. The molecule has 0 spiro atoms. The Morgan fingerprint density at radius 1 is 1.42 bits per heavy atom. The van der Waals surface area contributed by atoms with E-state index in [1.54, 1.807) is 6.07 Å². The molecule has 1 saturated carbocycles. The molecule has 0 unspecified atom stereocenters. The topological polar surface area (TPSA) is 21.3 Å². The Bertz CT molecular complexity index is 469. The highest BCUT2D eigenvalue weighted by molar-refractivity contribution is 6.35. The lowest BCUT2D eigenvalue weighted by atomic mass is 10.2. The number of hydrogen-bond acceptors (Lipinski definition) is 2. The van der Waals surface area contributed by atoms with Gasteiger partial charge in [0, 0.05) is 29.6 Å². The van der Waals surface area contributed by atoms with Gasteiger partial charge < -0.3 is 10.1 Å². The number of benzene rings is 1. The monoisotopic (exact) mass is 299 g/mol. The number of rotatable bonds is 7. The lowest BCUT2D eigenvalue weighted by Gasteiger charge is -2.14. The third kappa shape index (κ3) is 4.72.